The highest BCUT2D eigenvalue weighted by Crippen LogP contribution is 2.30. The molecule has 3 heterocycles. The monoisotopic (exact) mass is 588 g/mol. The molecule has 3 aromatic rings. The predicted molar refractivity (Wildman–Crippen MR) is 151 cm³/mol. The predicted octanol–water partition coefficient (Wildman–Crippen LogP) is 5.40. The molecule has 2 aliphatic rings. The molecule has 0 saturated carbocycles. The van der Waals surface area contributed by atoms with E-state index < -0.39 is 21.8 Å². The van der Waals surface area contributed by atoms with Crippen LogP contribution in [0.5, 0.6) is 5.88 Å². The zero-order chi connectivity index (χ0) is 29.0. The molecule has 0 atom stereocenters. The maximum Gasteiger partial charge on any atom is 0.416 e. The number of nitrogens with one attached hydrogen (secondary N) is 1. The molecule has 2 aromatic carbocycles. The first-order valence-corrected chi connectivity index (χ1v) is 15.4. The van der Waals surface area contributed by atoms with Gasteiger partial charge in [-0.05, 0) is 49.6 Å². The number of pyridine rings is 1. The molecule has 1 N–H and O–H groups in total. The van der Waals surface area contributed by atoms with Gasteiger partial charge in [-0.3, -0.25) is 4.90 Å². The van der Waals surface area contributed by atoms with Crippen LogP contribution >= 0.6 is 0 Å². The van der Waals surface area contributed by atoms with Crippen molar-refractivity contribution in [3.8, 4) is 5.88 Å². The molecular formula is C30H35F3N4O3S. The fraction of sp³-hybridized carbons (Fsp3) is 0.433. The smallest absolute Gasteiger partial charge is 0.416 e. The number of hydrogen-bond acceptors (Lipinski definition) is 6. The van der Waals surface area contributed by atoms with Crippen LogP contribution < -0.4 is 14.4 Å². The summed E-state index contributed by atoms with van der Waals surface area (Å²) in [4.78, 5) is 8.71. The largest absolute Gasteiger partial charge is 0.474 e. The Balaban J connectivity index is 1.08. The average molecular weight is 589 g/mol. The maximum atomic E-state index is 13.0. The molecule has 7 nitrogen and oxygen atoms in total. The van der Waals surface area contributed by atoms with Crippen LogP contribution in [0.25, 0.3) is 0 Å². The lowest BCUT2D eigenvalue weighted by Gasteiger charge is -2.33. The van der Waals surface area contributed by atoms with Gasteiger partial charge in [0, 0.05) is 63.4 Å². The van der Waals surface area contributed by atoms with Crippen molar-refractivity contribution in [3.05, 3.63) is 83.6 Å². The van der Waals surface area contributed by atoms with Crippen LogP contribution in [-0.4, -0.2) is 56.6 Å². The topological polar surface area (TPSA) is 74.8 Å². The fourth-order valence-corrected chi connectivity index (χ4v) is 6.60. The van der Waals surface area contributed by atoms with Crippen molar-refractivity contribution in [2.24, 2.45) is 0 Å². The van der Waals surface area contributed by atoms with E-state index in [2.05, 4.69) is 45.8 Å². The molecule has 0 spiro atoms. The Labute approximate surface area is 239 Å². The van der Waals surface area contributed by atoms with E-state index >= 15 is 0 Å². The van der Waals surface area contributed by atoms with E-state index in [1.165, 1.54) is 35.6 Å². The molecule has 2 aliphatic heterocycles. The number of benzene rings is 2. The van der Waals surface area contributed by atoms with Gasteiger partial charge in [0.1, 0.15) is 11.0 Å². The number of ether oxygens (including phenoxy) is 1. The van der Waals surface area contributed by atoms with Crippen molar-refractivity contribution in [3.63, 3.8) is 0 Å². The number of aromatic nitrogens is 1. The number of piperidine rings is 2. The highest BCUT2D eigenvalue weighted by atomic mass is 32.2. The first-order valence-electron chi connectivity index (χ1n) is 13.9. The van der Waals surface area contributed by atoms with Crippen LogP contribution in [0.4, 0.5) is 18.9 Å². The van der Waals surface area contributed by atoms with Crippen molar-refractivity contribution >= 4 is 15.7 Å². The number of hydrogen-bond donors (Lipinski definition) is 1. The summed E-state index contributed by atoms with van der Waals surface area (Å²) >= 11 is 0. The summed E-state index contributed by atoms with van der Waals surface area (Å²) < 4.78 is 73.8. The lowest BCUT2D eigenvalue weighted by atomic mass is 10.0. The number of aryl methyl sites for hydroxylation is 1. The summed E-state index contributed by atoms with van der Waals surface area (Å²) in [6.07, 6.45) is -0.205. The van der Waals surface area contributed by atoms with Crippen LogP contribution in [-0.2, 0) is 22.7 Å². The van der Waals surface area contributed by atoms with Crippen LogP contribution in [0.2, 0.25) is 0 Å². The molecule has 41 heavy (non-hydrogen) atoms. The van der Waals surface area contributed by atoms with Crippen LogP contribution in [0.3, 0.4) is 0 Å². The van der Waals surface area contributed by atoms with Crippen molar-refractivity contribution in [2.75, 3.05) is 31.1 Å². The molecular weight excluding hydrogens is 553 g/mol. The standard InChI is InChI=1S/C30H35F3N4O3S/c1-22-5-7-26(8-6-22)37-17-13-27(14-18-37)40-29-10-9-28(20-34-29)41(38,39)35-25-11-15-36(16-12-25)21-23-3-2-4-24(19-23)30(31,32)33/h2-10,19-20,25,27,35H,11-18,21H2,1H3. The SMILES string of the molecule is Cc1ccc(N2CCC(Oc3ccc(S(=O)(=O)NC4CCN(Cc5cccc(C(F)(F)F)c5)CC4)cn3)CC2)cc1. The van der Waals surface area contributed by atoms with Gasteiger partial charge < -0.3 is 9.64 Å². The summed E-state index contributed by atoms with van der Waals surface area (Å²) in [6.45, 7) is 5.38. The first kappa shape index (κ1) is 29.3. The molecule has 0 aliphatic carbocycles. The number of halogens is 3. The first-order chi connectivity index (χ1) is 19.5. The Morgan fingerprint density at radius 3 is 2.29 bits per heavy atom. The molecule has 11 heteroatoms. The number of nitrogens with zero attached hydrogens (tertiary/aromatic N) is 3. The van der Waals surface area contributed by atoms with Crippen molar-refractivity contribution < 1.29 is 26.3 Å². The molecule has 0 unspecified atom stereocenters. The molecule has 0 radical (unpaired) electrons. The zero-order valence-corrected chi connectivity index (χ0v) is 23.8. The zero-order valence-electron chi connectivity index (χ0n) is 23.0. The van der Waals surface area contributed by atoms with Gasteiger partial charge in [0.05, 0.1) is 11.8 Å². The summed E-state index contributed by atoms with van der Waals surface area (Å²) in [5, 5.41) is 0. The van der Waals surface area contributed by atoms with E-state index in [9.17, 15) is 21.6 Å². The molecule has 220 valence electrons. The lowest BCUT2D eigenvalue weighted by molar-refractivity contribution is -0.137. The van der Waals surface area contributed by atoms with Gasteiger partial charge in [-0.2, -0.15) is 13.2 Å². The third-order valence-corrected chi connectivity index (χ3v) is 9.22. The second-order valence-corrected chi connectivity index (χ2v) is 12.6. The van der Waals surface area contributed by atoms with Crippen LogP contribution in [0, 0.1) is 6.92 Å². The number of alkyl halides is 3. The normalized spacial score (nSPS) is 18.0. The maximum absolute atomic E-state index is 13.0. The quantitative estimate of drug-likeness (QED) is 0.380. The van der Waals surface area contributed by atoms with E-state index in [0.717, 1.165) is 32.0 Å². The Bertz CT molecular complexity index is 1400. The Morgan fingerprint density at radius 2 is 1.66 bits per heavy atom. The summed E-state index contributed by atoms with van der Waals surface area (Å²) in [6, 6.07) is 16.7. The Kier molecular flexibility index (Phi) is 8.86. The van der Waals surface area contributed by atoms with E-state index in [0.29, 0.717) is 43.9 Å². The number of rotatable bonds is 8. The second-order valence-electron chi connectivity index (χ2n) is 10.8. The van der Waals surface area contributed by atoms with Gasteiger partial charge in [-0.25, -0.2) is 18.1 Å². The Morgan fingerprint density at radius 1 is 0.951 bits per heavy atom. The lowest BCUT2D eigenvalue weighted by Crippen LogP contribution is -2.44. The van der Waals surface area contributed by atoms with E-state index in [-0.39, 0.29) is 17.0 Å². The van der Waals surface area contributed by atoms with Crippen LogP contribution in [0.15, 0.2) is 71.8 Å². The average Bonchev–Trinajstić information content (AvgIpc) is 2.95. The van der Waals surface area contributed by atoms with Gasteiger partial charge in [-0.1, -0.05) is 35.9 Å². The molecule has 0 bridgehead atoms. The molecule has 2 fully saturated rings. The fourth-order valence-electron chi connectivity index (χ4n) is 5.35. The summed E-state index contributed by atoms with van der Waals surface area (Å²) in [7, 11) is -3.77. The van der Waals surface area contributed by atoms with Gasteiger partial charge in [-0.15, -0.1) is 0 Å². The van der Waals surface area contributed by atoms with Crippen molar-refractivity contribution in [1.29, 1.82) is 0 Å². The molecule has 2 saturated heterocycles. The highest BCUT2D eigenvalue weighted by Gasteiger charge is 2.31. The minimum Gasteiger partial charge on any atom is -0.474 e. The number of anilines is 1. The summed E-state index contributed by atoms with van der Waals surface area (Å²) in [5.41, 5.74) is 2.36. The third-order valence-electron chi connectivity index (χ3n) is 7.72. The van der Waals surface area contributed by atoms with Gasteiger partial charge in [0.25, 0.3) is 0 Å². The second kappa shape index (κ2) is 12.4. The van der Waals surface area contributed by atoms with E-state index in [1.54, 1.807) is 12.1 Å². The molecule has 0 amide bonds. The van der Waals surface area contributed by atoms with Gasteiger partial charge >= 0.3 is 6.18 Å². The van der Waals surface area contributed by atoms with Crippen molar-refractivity contribution in [2.45, 2.75) is 62.4 Å². The highest BCUT2D eigenvalue weighted by molar-refractivity contribution is 7.89. The summed E-state index contributed by atoms with van der Waals surface area (Å²) in [5.74, 6) is 0.403. The van der Waals surface area contributed by atoms with E-state index in [1.807, 2.05) is 4.90 Å². The minimum absolute atomic E-state index is 0.0194. The number of sulfonamides is 1. The van der Waals surface area contributed by atoms with E-state index in [4.69, 9.17) is 4.74 Å². The molecule has 5 rings (SSSR count). The molecule has 1 aromatic heterocycles. The van der Waals surface area contributed by atoms with Gasteiger partial charge in [0.2, 0.25) is 15.9 Å². The third kappa shape index (κ3) is 7.78. The minimum atomic E-state index is -4.37. The number of likely N-dealkylation sites (tertiary alicyclic amines) is 1. The van der Waals surface area contributed by atoms with Crippen molar-refractivity contribution in [1.82, 2.24) is 14.6 Å². The van der Waals surface area contributed by atoms with Crippen LogP contribution in [0.1, 0.15) is 42.4 Å². The van der Waals surface area contributed by atoms with Gasteiger partial charge in [0.15, 0.2) is 0 Å². The Hall–Kier alpha value is -3.15.